The van der Waals surface area contributed by atoms with Gasteiger partial charge in [-0.1, -0.05) is 12.8 Å². The van der Waals surface area contributed by atoms with Gasteiger partial charge in [0.15, 0.2) is 0 Å². The van der Waals surface area contributed by atoms with Gasteiger partial charge in [0, 0.05) is 29.2 Å². The van der Waals surface area contributed by atoms with Crippen molar-refractivity contribution in [2.75, 3.05) is 30.4 Å². The van der Waals surface area contributed by atoms with E-state index in [9.17, 15) is 4.79 Å². The molecule has 21 heavy (non-hydrogen) atoms. The summed E-state index contributed by atoms with van der Waals surface area (Å²) in [6.45, 7) is 3.42. The van der Waals surface area contributed by atoms with Gasteiger partial charge in [-0.15, -0.1) is 0 Å². The van der Waals surface area contributed by atoms with Gasteiger partial charge in [-0.05, 0) is 44.2 Å². The Morgan fingerprint density at radius 3 is 2.71 bits per heavy atom. The Balaban J connectivity index is 2.14. The average Bonchev–Trinajstić information content (AvgIpc) is 2.95. The number of nitrogen functional groups attached to an aromatic ring is 1. The maximum Gasteiger partial charge on any atom is 0.253 e. The molecule has 0 atom stereocenters. The van der Waals surface area contributed by atoms with Crippen molar-refractivity contribution in [1.82, 2.24) is 5.32 Å². The van der Waals surface area contributed by atoms with E-state index in [1.807, 2.05) is 24.8 Å². The lowest BCUT2D eigenvalue weighted by Gasteiger charge is -2.28. The van der Waals surface area contributed by atoms with Crippen LogP contribution in [0.1, 0.15) is 43.0 Å². The third kappa shape index (κ3) is 3.84. The maximum absolute atomic E-state index is 12.1. The zero-order chi connectivity index (χ0) is 15.3. The van der Waals surface area contributed by atoms with Crippen LogP contribution in [0.3, 0.4) is 0 Å². The molecule has 1 amide bonds. The summed E-state index contributed by atoms with van der Waals surface area (Å²) in [6, 6.07) is 5.42. The molecule has 0 saturated heterocycles. The van der Waals surface area contributed by atoms with Crippen LogP contribution in [0.25, 0.3) is 0 Å². The molecule has 0 unspecified atom stereocenters. The second-order valence-corrected chi connectivity index (χ2v) is 6.89. The maximum atomic E-state index is 12.1. The van der Waals surface area contributed by atoms with Crippen LogP contribution in [0.4, 0.5) is 11.4 Å². The van der Waals surface area contributed by atoms with Crippen LogP contribution >= 0.6 is 11.8 Å². The van der Waals surface area contributed by atoms with Crippen molar-refractivity contribution in [3.05, 3.63) is 23.8 Å². The van der Waals surface area contributed by atoms with Crippen molar-refractivity contribution in [2.24, 2.45) is 0 Å². The summed E-state index contributed by atoms with van der Waals surface area (Å²) < 4.78 is 0.295. The average molecular weight is 307 g/mol. The smallest absolute Gasteiger partial charge is 0.253 e. The first-order valence-electron chi connectivity index (χ1n) is 7.57. The number of amides is 1. The molecule has 0 spiro atoms. The summed E-state index contributed by atoms with van der Waals surface area (Å²) in [5, 5.41) is 6.31. The third-order valence-electron chi connectivity index (χ3n) is 4.17. The van der Waals surface area contributed by atoms with Gasteiger partial charge in [-0.2, -0.15) is 11.8 Å². The molecule has 0 bridgehead atoms. The Labute approximate surface area is 131 Å². The minimum Gasteiger partial charge on any atom is -0.399 e. The molecule has 2 rings (SSSR count). The largest absolute Gasteiger partial charge is 0.399 e. The van der Waals surface area contributed by atoms with Crippen molar-refractivity contribution in [3.63, 3.8) is 0 Å². The highest BCUT2D eigenvalue weighted by atomic mass is 32.2. The van der Waals surface area contributed by atoms with E-state index in [-0.39, 0.29) is 5.91 Å². The van der Waals surface area contributed by atoms with Crippen LogP contribution in [-0.4, -0.2) is 30.0 Å². The van der Waals surface area contributed by atoms with E-state index in [0.29, 0.717) is 22.5 Å². The van der Waals surface area contributed by atoms with Crippen LogP contribution in [0, 0.1) is 0 Å². The minimum atomic E-state index is -0.0513. The van der Waals surface area contributed by atoms with E-state index in [1.54, 1.807) is 12.1 Å². The van der Waals surface area contributed by atoms with Gasteiger partial charge in [0.2, 0.25) is 0 Å². The normalized spacial score (nSPS) is 16.7. The van der Waals surface area contributed by atoms with Crippen LogP contribution in [0.15, 0.2) is 18.2 Å². The van der Waals surface area contributed by atoms with Gasteiger partial charge in [0.05, 0.1) is 5.56 Å². The SMILES string of the molecule is CCNC(=O)c1ccc(N)cc1NCC1(SC)CCCC1. The molecule has 0 heterocycles. The second-order valence-electron chi connectivity index (χ2n) is 5.61. The lowest BCUT2D eigenvalue weighted by Crippen LogP contribution is -2.31. The number of nitrogens with one attached hydrogen (secondary N) is 2. The first-order valence-corrected chi connectivity index (χ1v) is 8.79. The van der Waals surface area contributed by atoms with Gasteiger partial charge in [0.1, 0.15) is 0 Å². The molecule has 1 aliphatic rings. The van der Waals surface area contributed by atoms with Gasteiger partial charge in [-0.3, -0.25) is 4.79 Å². The molecule has 116 valence electrons. The molecule has 0 aliphatic heterocycles. The van der Waals surface area contributed by atoms with Crippen molar-refractivity contribution in [3.8, 4) is 0 Å². The molecule has 0 radical (unpaired) electrons. The molecule has 1 aromatic rings. The predicted octanol–water partition coefficient (Wildman–Crippen LogP) is 3.11. The molecular formula is C16H25N3OS. The molecule has 0 aromatic heterocycles. The van der Waals surface area contributed by atoms with Crippen LogP contribution in [0.2, 0.25) is 0 Å². The highest BCUT2D eigenvalue weighted by Gasteiger charge is 2.32. The number of rotatable bonds is 6. The number of hydrogen-bond acceptors (Lipinski definition) is 4. The Morgan fingerprint density at radius 2 is 2.10 bits per heavy atom. The number of carbonyl (C=O) groups is 1. The first kappa shape index (κ1) is 16.0. The molecule has 1 aromatic carbocycles. The van der Waals surface area contributed by atoms with Crippen molar-refractivity contribution < 1.29 is 4.79 Å². The van der Waals surface area contributed by atoms with Gasteiger partial charge in [-0.25, -0.2) is 0 Å². The van der Waals surface area contributed by atoms with E-state index in [4.69, 9.17) is 5.73 Å². The fourth-order valence-corrected chi connectivity index (χ4v) is 3.80. The lowest BCUT2D eigenvalue weighted by molar-refractivity contribution is 0.0956. The summed E-state index contributed by atoms with van der Waals surface area (Å²) in [5.41, 5.74) is 8.05. The predicted molar refractivity (Wildman–Crippen MR) is 92.1 cm³/mol. The van der Waals surface area contributed by atoms with E-state index >= 15 is 0 Å². The summed E-state index contributed by atoms with van der Waals surface area (Å²) in [7, 11) is 0. The molecule has 5 heteroatoms. The molecule has 4 nitrogen and oxygen atoms in total. The van der Waals surface area contributed by atoms with Crippen molar-refractivity contribution in [1.29, 1.82) is 0 Å². The first-order chi connectivity index (χ1) is 10.1. The second kappa shape index (κ2) is 7.07. The molecule has 1 aliphatic carbocycles. The summed E-state index contributed by atoms with van der Waals surface area (Å²) in [4.78, 5) is 12.1. The van der Waals surface area contributed by atoms with Crippen molar-refractivity contribution in [2.45, 2.75) is 37.4 Å². The number of thioether (sulfide) groups is 1. The number of benzene rings is 1. The van der Waals surface area contributed by atoms with E-state index in [1.165, 1.54) is 25.7 Å². The van der Waals surface area contributed by atoms with Crippen LogP contribution in [-0.2, 0) is 0 Å². The number of nitrogens with two attached hydrogens (primary N) is 1. The van der Waals surface area contributed by atoms with Crippen LogP contribution < -0.4 is 16.4 Å². The van der Waals surface area contributed by atoms with Gasteiger partial charge < -0.3 is 16.4 Å². The van der Waals surface area contributed by atoms with E-state index in [2.05, 4.69) is 16.9 Å². The Hall–Kier alpha value is -1.36. The fourth-order valence-electron chi connectivity index (χ4n) is 2.89. The fraction of sp³-hybridized carbons (Fsp3) is 0.562. The van der Waals surface area contributed by atoms with Crippen molar-refractivity contribution >= 4 is 29.0 Å². The standard InChI is InChI=1S/C16H25N3OS/c1-3-18-15(20)13-7-6-12(17)10-14(13)19-11-16(21-2)8-4-5-9-16/h6-7,10,19H,3-5,8-9,11,17H2,1-2H3,(H,18,20). The number of anilines is 2. The topological polar surface area (TPSA) is 67.2 Å². The summed E-state index contributed by atoms with van der Waals surface area (Å²) in [6.07, 6.45) is 7.24. The number of hydrogen-bond donors (Lipinski definition) is 3. The Morgan fingerprint density at radius 1 is 1.38 bits per heavy atom. The Kier molecular flexibility index (Phi) is 5.39. The zero-order valence-corrected chi connectivity index (χ0v) is 13.7. The lowest BCUT2D eigenvalue weighted by atomic mass is 10.1. The molecule has 1 saturated carbocycles. The monoisotopic (exact) mass is 307 g/mol. The third-order valence-corrected chi connectivity index (χ3v) is 5.59. The summed E-state index contributed by atoms with van der Waals surface area (Å²) in [5.74, 6) is -0.0513. The number of carbonyl (C=O) groups excluding carboxylic acids is 1. The molecule has 1 fully saturated rings. The highest BCUT2D eigenvalue weighted by molar-refractivity contribution is 8.00. The van der Waals surface area contributed by atoms with Gasteiger partial charge >= 0.3 is 0 Å². The zero-order valence-electron chi connectivity index (χ0n) is 12.9. The highest BCUT2D eigenvalue weighted by Crippen LogP contribution is 2.40. The van der Waals surface area contributed by atoms with Crippen LogP contribution in [0.5, 0.6) is 0 Å². The minimum absolute atomic E-state index is 0.0513. The quantitative estimate of drug-likeness (QED) is 0.707. The molecular weight excluding hydrogens is 282 g/mol. The van der Waals surface area contributed by atoms with Gasteiger partial charge in [0.25, 0.3) is 5.91 Å². The Bertz CT molecular complexity index is 498. The summed E-state index contributed by atoms with van der Waals surface area (Å²) >= 11 is 1.93. The van der Waals surface area contributed by atoms with E-state index in [0.717, 1.165) is 12.2 Å². The molecule has 4 N–H and O–H groups in total. The van der Waals surface area contributed by atoms with E-state index < -0.39 is 0 Å².